The molecule has 13 heavy (non-hydrogen) atoms. The fourth-order valence-electron chi connectivity index (χ4n) is 1.11. The number of amides is 4. The first-order valence-electron chi connectivity index (χ1n) is 3.88. The number of imide groups is 1. The lowest BCUT2D eigenvalue weighted by atomic mass is 10.2. The number of carbonyl (C=O) groups excluding carboxylic acids is 3. The van der Waals surface area contributed by atoms with Crippen molar-refractivity contribution >= 4 is 17.8 Å². The summed E-state index contributed by atoms with van der Waals surface area (Å²) in [5.41, 5.74) is 0. The SMILES string of the molecule is CNC(=O)N1CC(=O)NC(=O)C1C. The van der Waals surface area contributed by atoms with Crippen LogP contribution in [0.25, 0.3) is 0 Å². The first-order valence-corrected chi connectivity index (χ1v) is 3.88. The van der Waals surface area contributed by atoms with Crippen LogP contribution in [0, 0.1) is 0 Å². The first kappa shape index (κ1) is 9.50. The van der Waals surface area contributed by atoms with E-state index in [1.165, 1.54) is 11.9 Å². The monoisotopic (exact) mass is 185 g/mol. The first-order chi connectivity index (χ1) is 6.06. The van der Waals surface area contributed by atoms with Crippen LogP contribution >= 0.6 is 0 Å². The maximum Gasteiger partial charge on any atom is 0.318 e. The minimum absolute atomic E-state index is 0.0768. The topological polar surface area (TPSA) is 78.5 Å². The molecule has 1 aliphatic heterocycles. The lowest BCUT2D eigenvalue weighted by Gasteiger charge is -2.30. The van der Waals surface area contributed by atoms with Crippen LogP contribution in [-0.2, 0) is 9.59 Å². The number of nitrogens with one attached hydrogen (secondary N) is 2. The second-order valence-corrected chi connectivity index (χ2v) is 2.77. The molecule has 1 rings (SSSR count). The third kappa shape index (κ3) is 1.77. The maximum atomic E-state index is 11.2. The Hall–Kier alpha value is -1.59. The van der Waals surface area contributed by atoms with Crippen LogP contribution in [0.3, 0.4) is 0 Å². The molecule has 0 radical (unpaired) electrons. The van der Waals surface area contributed by atoms with Gasteiger partial charge in [0.2, 0.25) is 11.8 Å². The summed E-state index contributed by atoms with van der Waals surface area (Å²) >= 11 is 0. The van der Waals surface area contributed by atoms with Gasteiger partial charge in [-0.15, -0.1) is 0 Å². The number of hydrogen-bond acceptors (Lipinski definition) is 3. The molecule has 0 saturated carbocycles. The maximum absolute atomic E-state index is 11.2. The van der Waals surface area contributed by atoms with E-state index in [0.717, 1.165) is 0 Å². The number of urea groups is 1. The zero-order valence-electron chi connectivity index (χ0n) is 7.46. The van der Waals surface area contributed by atoms with Crippen molar-refractivity contribution in [1.82, 2.24) is 15.5 Å². The molecule has 6 nitrogen and oxygen atoms in total. The highest BCUT2D eigenvalue weighted by molar-refractivity contribution is 6.03. The van der Waals surface area contributed by atoms with E-state index >= 15 is 0 Å². The molecule has 2 N–H and O–H groups in total. The number of rotatable bonds is 0. The average molecular weight is 185 g/mol. The van der Waals surface area contributed by atoms with Crippen molar-refractivity contribution in [2.75, 3.05) is 13.6 Å². The molecular weight excluding hydrogens is 174 g/mol. The molecule has 1 heterocycles. The van der Waals surface area contributed by atoms with E-state index in [4.69, 9.17) is 0 Å². The zero-order valence-corrected chi connectivity index (χ0v) is 7.46. The van der Waals surface area contributed by atoms with Crippen molar-refractivity contribution in [1.29, 1.82) is 0 Å². The Morgan fingerprint density at radius 2 is 2.23 bits per heavy atom. The zero-order chi connectivity index (χ0) is 10.0. The van der Waals surface area contributed by atoms with E-state index in [0.29, 0.717) is 0 Å². The largest absolute Gasteiger partial charge is 0.341 e. The van der Waals surface area contributed by atoms with Gasteiger partial charge in [-0.25, -0.2) is 4.79 Å². The molecule has 0 aromatic carbocycles. The van der Waals surface area contributed by atoms with E-state index < -0.39 is 23.9 Å². The summed E-state index contributed by atoms with van der Waals surface area (Å²) in [6.45, 7) is 1.49. The molecule has 1 aliphatic rings. The fraction of sp³-hybridized carbons (Fsp3) is 0.571. The molecule has 6 heteroatoms. The summed E-state index contributed by atoms with van der Waals surface area (Å²) in [5, 5.41) is 4.50. The van der Waals surface area contributed by atoms with Crippen LogP contribution in [0.5, 0.6) is 0 Å². The van der Waals surface area contributed by atoms with Gasteiger partial charge in [0.25, 0.3) is 0 Å². The minimum atomic E-state index is -0.599. The van der Waals surface area contributed by atoms with Crippen molar-refractivity contribution < 1.29 is 14.4 Å². The smallest absolute Gasteiger partial charge is 0.318 e. The quantitative estimate of drug-likeness (QED) is 0.459. The second-order valence-electron chi connectivity index (χ2n) is 2.77. The normalized spacial score (nSPS) is 22.6. The van der Waals surface area contributed by atoms with Crippen molar-refractivity contribution in [2.24, 2.45) is 0 Å². The van der Waals surface area contributed by atoms with Crippen LogP contribution in [0.1, 0.15) is 6.92 Å². The number of carbonyl (C=O) groups is 3. The molecule has 1 saturated heterocycles. The van der Waals surface area contributed by atoms with Gasteiger partial charge in [0.05, 0.1) is 0 Å². The summed E-state index contributed by atoms with van der Waals surface area (Å²) in [6.07, 6.45) is 0. The van der Waals surface area contributed by atoms with Gasteiger partial charge in [0, 0.05) is 7.05 Å². The minimum Gasteiger partial charge on any atom is -0.341 e. The Labute approximate surface area is 75.3 Å². The lowest BCUT2D eigenvalue weighted by Crippen LogP contribution is -2.60. The van der Waals surface area contributed by atoms with Gasteiger partial charge in [-0.1, -0.05) is 0 Å². The summed E-state index contributed by atoms with van der Waals surface area (Å²) in [5.74, 6) is -0.897. The molecule has 1 unspecified atom stereocenters. The summed E-state index contributed by atoms with van der Waals surface area (Å²) in [6, 6.07) is -1.02. The van der Waals surface area contributed by atoms with Crippen molar-refractivity contribution in [3.63, 3.8) is 0 Å². The van der Waals surface area contributed by atoms with Crippen LogP contribution in [-0.4, -0.2) is 42.4 Å². The molecule has 0 aromatic rings. The molecule has 1 atom stereocenters. The highest BCUT2D eigenvalue weighted by Crippen LogP contribution is 2.03. The van der Waals surface area contributed by atoms with Gasteiger partial charge >= 0.3 is 6.03 Å². The van der Waals surface area contributed by atoms with Crippen LogP contribution < -0.4 is 10.6 Å². The average Bonchev–Trinajstić information content (AvgIpc) is 2.10. The molecule has 0 bridgehead atoms. The summed E-state index contributed by atoms with van der Waals surface area (Å²) < 4.78 is 0. The Kier molecular flexibility index (Phi) is 2.50. The van der Waals surface area contributed by atoms with Crippen molar-refractivity contribution in [3.8, 4) is 0 Å². The van der Waals surface area contributed by atoms with Crippen molar-refractivity contribution in [3.05, 3.63) is 0 Å². The second kappa shape index (κ2) is 3.42. The van der Waals surface area contributed by atoms with Gasteiger partial charge in [0.15, 0.2) is 0 Å². The third-order valence-electron chi connectivity index (χ3n) is 1.90. The van der Waals surface area contributed by atoms with Gasteiger partial charge < -0.3 is 10.2 Å². The fourth-order valence-corrected chi connectivity index (χ4v) is 1.11. The molecule has 0 aliphatic carbocycles. The standard InChI is InChI=1S/C7H11N3O3/c1-4-6(12)9-5(11)3-10(4)7(13)8-2/h4H,3H2,1-2H3,(H,8,13)(H,9,11,12). The predicted molar refractivity (Wildman–Crippen MR) is 43.8 cm³/mol. The highest BCUT2D eigenvalue weighted by atomic mass is 16.2. The van der Waals surface area contributed by atoms with Crippen LogP contribution in [0.2, 0.25) is 0 Å². The number of nitrogens with zero attached hydrogens (tertiary/aromatic N) is 1. The van der Waals surface area contributed by atoms with Gasteiger partial charge in [-0.05, 0) is 6.92 Å². The number of piperazine rings is 1. The Bertz CT molecular complexity index is 264. The van der Waals surface area contributed by atoms with Gasteiger partial charge in [-0.3, -0.25) is 14.9 Å². The van der Waals surface area contributed by atoms with E-state index in [1.807, 2.05) is 0 Å². The van der Waals surface area contributed by atoms with E-state index in [2.05, 4.69) is 10.6 Å². The Morgan fingerprint density at radius 3 is 2.77 bits per heavy atom. The Balaban J connectivity index is 2.77. The van der Waals surface area contributed by atoms with Crippen LogP contribution in [0.15, 0.2) is 0 Å². The van der Waals surface area contributed by atoms with Crippen molar-refractivity contribution in [2.45, 2.75) is 13.0 Å². The van der Waals surface area contributed by atoms with Crippen LogP contribution in [0.4, 0.5) is 4.79 Å². The molecule has 4 amide bonds. The van der Waals surface area contributed by atoms with Gasteiger partial charge in [-0.2, -0.15) is 0 Å². The van der Waals surface area contributed by atoms with E-state index in [-0.39, 0.29) is 6.54 Å². The molecular formula is C7H11N3O3. The predicted octanol–water partition coefficient (Wildman–Crippen LogP) is -1.33. The van der Waals surface area contributed by atoms with E-state index in [1.54, 1.807) is 6.92 Å². The molecule has 72 valence electrons. The Morgan fingerprint density at radius 1 is 1.62 bits per heavy atom. The van der Waals surface area contributed by atoms with E-state index in [9.17, 15) is 14.4 Å². The molecule has 0 aromatic heterocycles. The molecule has 0 spiro atoms. The lowest BCUT2D eigenvalue weighted by molar-refractivity contribution is -0.137. The summed E-state index contributed by atoms with van der Waals surface area (Å²) in [4.78, 5) is 34.3. The summed E-state index contributed by atoms with van der Waals surface area (Å²) in [7, 11) is 1.45. The highest BCUT2D eigenvalue weighted by Gasteiger charge is 2.32. The number of hydrogen-bond donors (Lipinski definition) is 2. The third-order valence-corrected chi connectivity index (χ3v) is 1.90. The van der Waals surface area contributed by atoms with Gasteiger partial charge in [0.1, 0.15) is 12.6 Å². The molecule has 1 fully saturated rings.